The lowest BCUT2D eigenvalue weighted by Gasteiger charge is -2.36. The highest BCUT2D eigenvalue weighted by Crippen LogP contribution is 2.36. The number of carbonyl (C=O) groups is 2. The first-order valence-corrected chi connectivity index (χ1v) is 12.0. The molecule has 10 nitrogen and oxygen atoms in total. The van der Waals surface area contributed by atoms with Crippen LogP contribution >= 0.6 is 0 Å². The predicted molar refractivity (Wildman–Crippen MR) is 133 cm³/mol. The highest BCUT2D eigenvalue weighted by molar-refractivity contribution is 5.90. The molecule has 0 bridgehead atoms. The number of ether oxygens (including phenoxy) is 1. The molecule has 2 amide bonds. The molecule has 0 radical (unpaired) electrons. The van der Waals surface area contributed by atoms with E-state index in [4.69, 9.17) is 4.74 Å². The van der Waals surface area contributed by atoms with Gasteiger partial charge in [0.05, 0.1) is 5.39 Å². The van der Waals surface area contributed by atoms with Crippen LogP contribution in [0.4, 0.5) is 28.2 Å². The Bertz CT molecular complexity index is 1480. The number of hydrogen-bond donors (Lipinski definition) is 0. The van der Waals surface area contributed by atoms with Crippen LogP contribution < -0.4 is 15.2 Å². The van der Waals surface area contributed by atoms with Crippen LogP contribution in [0.25, 0.3) is 16.6 Å². The molecule has 14 heteroatoms. The van der Waals surface area contributed by atoms with Gasteiger partial charge in [0.1, 0.15) is 29.0 Å². The van der Waals surface area contributed by atoms with Crippen molar-refractivity contribution in [3.63, 3.8) is 0 Å². The van der Waals surface area contributed by atoms with E-state index in [1.165, 1.54) is 14.1 Å². The smallest absolute Gasteiger partial charge is 0.408 e. The van der Waals surface area contributed by atoms with Gasteiger partial charge in [-0.1, -0.05) is 19.9 Å². The van der Waals surface area contributed by atoms with Gasteiger partial charge in [0.25, 0.3) is 5.56 Å². The molecule has 39 heavy (non-hydrogen) atoms. The van der Waals surface area contributed by atoms with Gasteiger partial charge in [0.2, 0.25) is 5.91 Å². The largest absolute Gasteiger partial charge is 0.431 e. The minimum Gasteiger partial charge on any atom is -0.408 e. The van der Waals surface area contributed by atoms with Crippen molar-refractivity contribution in [1.82, 2.24) is 24.3 Å². The number of halogens is 4. The molecule has 208 valence electrons. The first-order chi connectivity index (χ1) is 18.3. The average molecular weight is 551 g/mol. The highest BCUT2D eigenvalue weighted by atomic mass is 19.4. The minimum absolute atomic E-state index is 0.0416. The molecule has 0 aliphatic carbocycles. The number of carbonyl (C=O) groups excluding carboxylic acids is 2. The number of anilines is 1. The Labute approximate surface area is 220 Å². The number of alkyl halides is 3. The third kappa shape index (κ3) is 5.36. The number of para-hydroxylation sites is 1. The Balaban J connectivity index is 1.88. The van der Waals surface area contributed by atoms with E-state index in [1.54, 1.807) is 23.6 Å². The number of fused-ring (bicyclic) bond motifs is 1. The Morgan fingerprint density at radius 1 is 1.08 bits per heavy atom. The topological polar surface area (TPSA) is 101 Å². The van der Waals surface area contributed by atoms with E-state index < -0.39 is 40.8 Å². The number of hydrogen-bond acceptors (Lipinski definition) is 7. The molecule has 1 aliphatic heterocycles. The van der Waals surface area contributed by atoms with E-state index in [0.29, 0.717) is 19.2 Å². The van der Waals surface area contributed by atoms with Crippen LogP contribution in [0.3, 0.4) is 0 Å². The lowest BCUT2D eigenvalue weighted by atomic mass is 10.1. The summed E-state index contributed by atoms with van der Waals surface area (Å²) < 4.78 is 63.4. The van der Waals surface area contributed by atoms with Gasteiger partial charge in [-0.3, -0.25) is 14.2 Å². The van der Waals surface area contributed by atoms with Crippen LogP contribution in [0, 0.1) is 11.7 Å². The van der Waals surface area contributed by atoms with Gasteiger partial charge in [-0.2, -0.15) is 13.2 Å². The third-order valence-corrected chi connectivity index (χ3v) is 6.20. The molecule has 0 unspecified atom stereocenters. The fraction of sp³-hybridized carbons (Fsp3) is 0.400. The second kappa shape index (κ2) is 10.5. The molecule has 0 atom stereocenters. The predicted octanol–water partition coefficient (Wildman–Crippen LogP) is 3.30. The number of benzene rings is 1. The zero-order valence-electron chi connectivity index (χ0n) is 21.6. The molecular formula is C25H26F4N6O4. The summed E-state index contributed by atoms with van der Waals surface area (Å²) in [5.74, 6) is -1.96. The summed E-state index contributed by atoms with van der Waals surface area (Å²) in [6, 6.07) is 3.75. The highest BCUT2D eigenvalue weighted by Gasteiger charge is 2.38. The molecule has 2 aromatic heterocycles. The minimum atomic E-state index is -5.12. The van der Waals surface area contributed by atoms with Crippen molar-refractivity contribution in [3.8, 4) is 11.4 Å². The number of amides is 2. The van der Waals surface area contributed by atoms with Crippen molar-refractivity contribution in [2.45, 2.75) is 20.0 Å². The van der Waals surface area contributed by atoms with Gasteiger partial charge < -0.3 is 19.4 Å². The van der Waals surface area contributed by atoms with Crippen molar-refractivity contribution in [1.29, 1.82) is 0 Å². The van der Waals surface area contributed by atoms with Crippen molar-refractivity contribution < 1.29 is 31.9 Å². The first-order valence-electron chi connectivity index (χ1n) is 12.0. The molecule has 0 spiro atoms. The van der Waals surface area contributed by atoms with E-state index in [9.17, 15) is 27.6 Å². The van der Waals surface area contributed by atoms with Crippen molar-refractivity contribution in [2.24, 2.45) is 5.92 Å². The molecule has 1 aliphatic rings. The first kappa shape index (κ1) is 27.8. The number of aromatic nitrogens is 3. The van der Waals surface area contributed by atoms with Gasteiger partial charge in [0.15, 0.2) is 11.6 Å². The van der Waals surface area contributed by atoms with Gasteiger partial charge in [-0.15, -0.1) is 0 Å². The van der Waals surface area contributed by atoms with Gasteiger partial charge in [-0.05, 0) is 18.2 Å². The fourth-order valence-electron chi connectivity index (χ4n) is 4.27. The summed E-state index contributed by atoms with van der Waals surface area (Å²) >= 11 is 0. The van der Waals surface area contributed by atoms with E-state index in [1.807, 2.05) is 0 Å². The summed E-state index contributed by atoms with van der Waals surface area (Å²) in [4.78, 5) is 50.4. The zero-order chi connectivity index (χ0) is 28.6. The fourth-order valence-corrected chi connectivity index (χ4v) is 4.27. The van der Waals surface area contributed by atoms with Crippen LogP contribution in [0.1, 0.15) is 19.5 Å². The number of piperazine rings is 1. The molecule has 0 N–H and O–H groups in total. The average Bonchev–Trinajstić information content (AvgIpc) is 2.88. The van der Waals surface area contributed by atoms with E-state index in [-0.39, 0.29) is 46.2 Å². The maximum Gasteiger partial charge on any atom is 0.431 e. The Kier molecular flexibility index (Phi) is 7.48. The summed E-state index contributed by atoms with van der Waals surface area (Å²) in [6.45, 7) is 4.74. The van der Waals surface area contributed by atoms with Crippen molar-refractivity contribution in [2.75, 3.05) is 45.2 Å². The summed E-state index contributed by atoms with van der Waals surface area (Å²) in [6.07, 6.45) is -5.06. The third-order valence-electron chi connectivity index (χ3n) is 6.20. The normalized spacial score (nSPS) is 14.2. The molecule has 3 aromatic rings. The number of rotatable bonds is 4. The van der Waals surface area contributed by atoms with E-state index in [0.717, 1.165) is 29.4 Å². The lowest BCUT2D eigenvalue weighted by molar-refractivity contribution is -0.142. The Morgan fingerprint density at radius 2 is 1.74 bits per heavy atom. The van der Waals surface area contributed by atoms with Crippen LogP contribution in [0.5, 0.6) is 5.75 Å². The maximum absolute atomic E-state index is 15.1. The van der Waals surface area contributed by atoms with Gasteiger partial charge in [-0.25, -0.2) is 19.2 Å². The van der Waals surface area contributed by atoms with Crippen LogP contribution in [0.15, 0.2) is 35.4 Å². The summed E-state index contributed by atoms with van der Waals surface area (Å²) in [7, 11) is 2.67. The van der Waals surface area contributed by atoms with Gasteiger partial charge in [0, 0.05) is 46.2 Å². The second-order valence-electron chi connectivity index (χ2n) is 9.44. The Hall–Kier alpha value is -4.23. The second-order valence-corrected chi connectivity index (χ2v) is 9.44. The van der Waals surface area contributed by atoms with E-state index in [2.05, 4.69) is 9.97 Å². The lowest BCUT2D eigenvalue weighted by Crippen LogP contribution is -2.50. The summed E-state index contributed by atoms with van der Waals surface area (Å²) in [5.41, 5.74) is -4.05. The summed E-state index contributed by atoms with van der Waals surface area (Å²) in [5, 5.41) is -0.183. The number of pyridine rings is 1. The molecule has 1 aromatic carbocycles. The Morgan fingerprint density at radius 3 is 2.33 bits per heavy atom. The molecule has 4 rings (SSSR count). The molecule has 1 fully saturated rings. The number of nitrogens with zero attached hydrogens (tertiary/aromatic N) is 6. The standard InChI is InChI=1S/C25H26F4N6O4/c1-14(2)22(36)34-10-8-33(9-11-34)21-15-12-18(25(27,28)29)35(23(37)19(15)30-13-31-21)20-16(26)6-5-7-17(20)39-24(38)32(3)4/h5-7,12-14H,8-11H2,1-4H3. The maximum atomic E-state index is 15.1. The molecular weight excluding hydrogens is 524 g/mol. The quantitative estimate of drug-likeness (QED) is 0.460. The van der Waals surface area contributed by atoms with Gasteiger partial charge >= 0.3 is 12.3 Å². The zero-order valence-corrected chi connectivity index (χ0v) is 21.6. The molecule has 3 heterocycles. The molecule has 1 saturated heterocycles. The van der Waals surface area contributed by atoms with Crippen LogP contribution in [-0.2, 0) is 11.0 Å². The van der Waals surface area contributed by atoms with E-state index >= 15 is 4.39 Å². The molecule has 0 saturated carbocycles. The monoisotopic (exact) mass is 550 g/mol. The SMILES string of the molecule is CC(C)C(=O)N1CCN(c2ncnc3c(=O)n(-c4c(F)cccc4OC(=O)N(C)C)c(C(F)(F)F)cc23)CC1. The van der Waals surface area contributed by atoms with Crippen molar-refractivity contribution in [3.05, 3.63) is 52.5 Å². The van der Waals surface area contributed by atoms with Crippen LogP contribution in [0.2, 0.25) is 0 Å². The van der Waals surface area contributed by atoms with Crippen LogP contribution in [-0.4, -0.2) is 76.6 Å². The van der Waals surface area contributed by atoms with Crippen molar-refractivity contribution >= 4 is 28.7 Å².